The van der Waals surface area contributed by atoms with Crippen molar-refractivity contribution in [3.8, 4) is 0 Å². The highest BCUT2D eigenvalue weighted by Gasteiger charge is 2.47. The van der Waals surface area contributed by atoms with Gasteiger partial charge in [0, 0.05) is 19.3 Å². The molecule has 0 bridgehead atoms. The van der Waals surface area contributed by atoms with E-state index in [2.05, 4.69) is 17.3 Å². The second-order valence-electron chi connectivity index (χ2n) is 27.7. The first-order valence-electron chi connectivity index (χ1n) is 35.7. The van der Waals surface area contributed by atoms with Gasteiger partial charge in [0.05, 0.1) is 92.1 Å². The van der Waals surface area contributed by atoms with Crippen molar-refractivity contribution >= 4 is 10.4 Å². The highest BCUT2D eigenvalue weighted by molar-refractivity contribution is 7.80. The van der Waals surface area contributed by atoms with E-state index in [4.69, 9.17) is 19.1 Å². The van der Waals surface area contributed by atoms with Gasteiger partial charge in [0.1, 0.15) is 67.1 Å². The number of allylic oxidation sites excluding steroid dienone is 11. The molecule has 0 saturated carbocycles. The second-order valence-corrected chi connectivity index (χ2v) is 28.7. The molecule has 0 aliphatic carbocycles. The van der Waals surface area contributed by atoms with Crippen molar-refractivity contribution in [1.29, 1.82) is 0 Å². The molecule has 2 saturated heterocycles. The lowest BCUT2D eigenvalue weighted by Gasteiger charge is -2.42. The maximum absolute atomic E-state index is 11.2. The van der Waals surface area contributed by atoms with Crippen LogP contribution in [0.4, 0.5) is 0 Å². The molecule has 2 fully saturated rings. The Morgan fingerprint density at radius 2 is 1.02 bits per heavy atom. The van der Waals surface area contributed by atoms with Crippen molar-refractivity contribution in [2.24, 2.45) is 11.8 Å². The van der Waals surface area contributed by atoms with Gasteiger partial charge in [-0.1, -0.05) is 118 Å². The Bertz CT molecular complexity index is 2570. The summed E-state index contributed by atoms with van der Waals surface area (Å²) in [4.78, 5) is 0. The van der Waals surface area contributed by atoms with Crippen LogP contribution < -0.4 is 0 Å². The Kier molecular flexibility index (Phi) is 47.3. The van der Waals surface area contributed by atoms with Crippen LogP contribution in [0.25, 0.3) is 0 Å². The normalized spacial score (nSPS) is 26.5. The predicted molar refractivity (Wildman–Crippen MR) is 378 cm³/mol. The highest BCUT2D eigenvalue weighted by Crippen LogP contribution is 2.32. The summed E-state index contributed by atoms with van der Waals surface area (Å²) in [6, 6.07) is 0. The number of rotatable bonds is 54. The molecule has 101 heavy (non-hydrogen) atoms. The molecule has 22 N–H and O–H groups in total. The van der Waals surface area contributed by atoms with E-state index < -0.39 is 181 Å². The van der Waals surface area contributed by atoms with Crippen LogP contribution in [0, 0.1) is 11.8 Å². The van der Waals surface area contributed by atoms with Crippen LogP contribution in [0.15, 0.2) is 109 Å². The quantitative estimate of drug-likeness (QED) is 0.0178. The standard InChI is InChI=1S/C73H126O27S/c1-6-7-8-9-10-11-12-13-14-15-16-17-18-19-32-56(81)67(90)72-70(93)61(86)43-63(99-72)71(94)66(89)47(4)35-38-55(80)62-42-60(85)69(92)73(98-62)68(91)57(82)39-45(2)33-36-53(79)41-59(84)65(88)48(5)40-58(83)64(87)46(3)34-37-52(78)29-22-28-50(76)25-20-24-49(75)26-21-27-51(77)30-23-31-54(44-74)100-101(95,96)97/h6-8,11-16,19,23,30,32,39,46,48-94H,1,4,9-10,17-18,20-22,24-29,31,33-38,40-44H2,2-3,5H3,(H,95,96,97)/b8-7+,12-11+,14-13+,16-15+,30-23+,32-19+,45-39+. The molecule has 0 spiro atoms. The Balaban J connectivity index is 1.76. The number of aliphatic hydroxyl groups is 21. The van der Waals surface area contributed by atoms with E-state index in [1.165, 1.54) is 24.3 Å². The van der Waals surface area contributed by atoms with Crippen molar-refractivity contribution in [3.63, 3.8) is 0 Å². The molecule has 2 heterocycles. The topological polar surface area (TPSA) is 507 Å². The minimum Gasteiger partial charge on any atom is -0.394 e. The van der Waals surface area contributed by atoms with Crippen LogP contribution in [0.5, 0.6) is 0 Å². The van der Waals surface area contributed by atoms with E-state index in [1.807, 2.05) is 48.6 Å². The minimum atomic E-state index is -4.73. The van der Waals surface area contributed by atoms with Gasteiger partial charge in [-0.25, -0.2) is 4.18 Å². The van der Waals surface area contributed by atoms with E-state index in [-0.39, 0.29) is 63.4 Å². The van der Waals surface area contributed by atoms with Crippen molar-refractivity contribution in [3.05, 3.63) is 109 Å². The molecule has 27 unspecified atom stereocenters. The lowest BCUT2D eigenvalue weighted by atomic mass is 9.85. The molecule has 2 aliphatic heterocycles. The zero-order valence-corrected chi connectivity index (χ0v) is 59.9. The van der Waals surface area contributed by atoms with E-state index in [0.717, 1.165) is 12.8 Å². The SMILES string of the molecule is C=C/C=C/CC/C=C/C=C/C=C/CC/C=C/C(O)C(O)C1OC(C(O)C(O)C(=C)CCC(O)C2CC(O)C(O)C(C(O)C(O)/C=C(\C)CCC(O)CC(O)C(O)C(C)CC(O)C(O)C(C)CCC(O)CCCC(O)CCCC(O)CCCC(O)/C=C/CC(CO)OS(=O)(=O)O)O2)CC(O)C1O. The largest absolute Gasteiger partial charge is 0.397 e. The van der Waals surface area contributed by atoms with Crippen molar-refractivity contribution in [2.45, 2.75) is 327 Å². The number of hydrogen-bond donors (Lipinski definition) is 22. The average molecular weight is 1470 g/mol. The molecule has 0 aromatic rings. The van der Waals surface area contributed by atoms with Gasteiger partial charge in [-0.2, -0.15) is 8.42 Å². The lowest BCUT2D eigenvalue weighted by Crippen LogP contribution is -2.59. The first-order chi connectivity index (χ1) is 47.6. The molecule has 28 heteroatoms. The van der Waals surface area contributed by atoms with E-state index in [1.54, 1.807) is 32.9 Å². The number of ether oxygens (including phenoxy) is 2. The summed E-state index contributed by atoms with van der Waals surface area (Å²) in [6.07, 6.45) is -4.02. The average Bonchev–Trinajstić information content (AvgIpc) is 0.819. The summed E-state index contributed by atoms with van der Waals surface area (Å²) >= 11 is 0. The second kappa shape index (κ2) is 51.0. The van der Waals surface area contributed by atoms with E-state index in [9.17, 15) is 111 Å². The van der Waals surface area contributed by atoms with Gasteiger partial charge in [-0.05, 0) is 159 Å². The van der Waals surface area contributed by atoms with Crippen LogP contribution in [0.3, 0.4) is 0 Å². The molecular formula is C73H126O27S. The minimum absolute atomic E-state index is 0.00456. The Morgan fingerprint density at radius 1 is 0.535 bits per heavy atom. The Morgan fingerprint density at radius 3 is 1.56 bits per heavy atom. The fourth-order valence-electron chi connectivity index (χ4n) is 12.2. The first kappa shape index (κ1) is 93.7. The summed E-state index contributed by atoms with van der Waals surface area (Å²) in [6.45, 7) is 11.7. The summed E-state index contributed by atoms with van der Waals surface area (Å²) in [5, 5.41) is 226. The van der Waals surface area contributed by atoms with Crippen LogP contribution in [-0.2, 0) is 24.1 Å². The monoisotopic (exact) mass is 1470 g/mol. The number of hydrogen-bond acceptors (Lipinski definition) is 26. The predicted octanol–water partition coefficient (Wildman–Crippen LogP) is 1.58. The van der Waals surface area contributed by atoms with Crippen molar-refractivity contribution < 1.29 is 134 Å². The molecule has 0 radical (unpaired) electrons. The van der Waals surface area contributed by atoms with Gasteiger partial charge < -0.3 is 117 Å². The summed E-state index contributed by atoms with van der Waals surface area (Å²) in [7, 11) is -4.73. The van der Waals surface area contributed by atoms with E-state index >= 15 is 0 Å². The fraction of sp³-hybridized carbons (Fsp3) is 0.753. The van der Waals surface area contributed by atoms with E-state index in [0.29, 0.717) is 89.0 Å². The first-order valence-corrected chi connectivity index (χ1v) is 37.1. The smallest absolute Gasteiger partial charge is 0.394 e. The van der Waals surface area contributed by atoms with Gasteiger partial charge in [0.25, 0.3) is 0 Å². The maximum Gasteiger partial charge on any atom is 0.397 e. The van der Waals surface area contributed by atoms with Gasteiger partial charge >= 0.3 is 10.4 Å². The third-order valence-electron chi connectivity index (χ3n) is 18.7. The zero-order valence-electron chi connectivity index (χ0n) is 59.1. The third kappa shape index (κ3) is 38.1. The Labute approximate surface area is 597 Å². The van der Waals surface area contributed by atoms with Gasteiger partial charge in [0.15, 0.2) is 0 Å². The van der Waals surface area contributed by atoms with Crippen LogP contribution in [0.2, 0.25) is 0 Å². The maximum atomic E-state index is 11.2. The summed E-state index contributed by atoms with van der Waals surface area (Å²) < 4.78 is 46.3. The molecule has 27 nitrogen and oxygen atoms in total. The third-order valence-corrected chi connectivity index (χ3v) is 19.3. The van der Waals surface area contributed by atoms with Crippen LogP contribution in [0.1, 0.15) is 175 Å². The summed E-state index contributed by atoms with van der Waals surface area (Å²) in [5.41, 5.74) is 0.452. The number of unbranched alkanes of at least 4 members (excludes halogenated alkanes) is 2. The van der Waals surface area contributed by atoms with Crippen molar-refractivity contribution in [2.75, 3.05) is 6.61 Å². The Hall–Kier alpha value is -3.39. The molecule has 586 valence electrons. The zero-order chi connectivity index (χ0) is 75.9. The molecular weight excluding hydrogens is 1340 g/mol. The van der Waals surface area contributed by atoms with Gasteiger partial charge in [-0.3, -0.25) is 4.55 Å². The molecule has 0 aromatic carbocycles. The summed E-state index contributed by atoms with van der Waals surface area (Å²) in [5.74, 6) is -1.20. The van der Waals surface area contributed by atoms with Crippen LogP contribution >= 0.6 is 0 Å². The fourth-order valence-corrected chi connectivity index (χ4v) is 12.7. The van der Waals surface area contributed by atoms with Gasteiger partial charge in [-0.15, -0.1) is 0 Å². The number of aliphatic hydroxyl groups excluding tert-OH is 21. The molecule has 2 aliphatic rings. The lowest BCUT2D eigenvalue weighted by molar-refractivity contribution is -0.234. The molecule has 2 rings (SSSR count). The molecule has 0 amide bonds. The molecule has 0 aromatic heterocycles. The van der Waals surface area contributed by atoms with Crippen LogP contribution in [-0.4, -0.2) is 279 Å². The highest BCUT2D eigenvalue weighted by atomic mass is 32.3. The molecule has 27 atom stereocenters. The van der Waals surface area contributed by atoms with Crippen molar-refractivity contribution in [1.82, 2.24) is 0 Å². The van der Waals surface area contributed by atoms with Gasteiger partial charge in [0.2, 0.25) is 0 Å².